The van der Waals surface area contributed by atoms with Gasteiger partial charge in [0, 0.05) is 12.5 Å². The van der Waals surface area contributed by atoms with Crippen LogP contribution in [0.25, 0.3) is 11.6 Å². The molecule has 0 radical (unpaired) electrons. The molecule has 0 aliphatic heterocycles. The minimum absolute atomic E-state index is 0.124. The number of carbonyl (C=O) groups excluding carboxylic acids is 1. The average molecular weight is 419 g/mol. The van der Waals surface area contributed by atoms with Crippen LogP contribution in [0.2, 0.25) is 0 Å². The number of nitrogens with one attached hydrogen (secondary N) is 1. The zero-order chi connectivity index (χ0) is 19.3. The van der Waals surface area contributed by atoms with Crippen molar-refractivity contribution in [2.24, 2.45) is 0 Å². The fourth-order valence-corrected chi connectivity index (χ4v) is 5.08. The number of thioether (sulfide) groups is 1. The largest absolute Gasteiger partial charge is 0.461 e. The molecule has 8 nitrogen and oxygen atoms in total. The Morgan fingerprint density at radius 1 is 1.29 bits per heavy atom. The molecule has 4 rings (SSSR count). The van der Waals surface area contributed by atoms with Crippen LogP contribution in [-0.2, 0) is 11.3 Å². The van der Waals surface area contributed by atoms with Crippen molar-refractivity contribution >= 4 is 34.1 Å². The molecule has 1 N–H and O–H groups in total. The van der Waals surface area contributed by atoms with Crippen LogP contribution in [-0.4, -0.2) is 36.6 Å². The topological polar surface area (TPSA) is 98.7 Å². The molecule has 1 aliphatic rings. The standard InChI is InChI=1S/C18H22N6O2S2/c1-2-24-15(13-9-6-10-26-13)20-23-18(24)27-11-14(25)19-17-22-21-16(28-17)12-7-4-3-5-8-12/h6,9-10,12H,2-5,7-8,11H2,1H3,(H,19,22,25). The van der Waals surface area contributed by atoms with Gasteiger partial charge in [-0.1, -0.05) is 42.4 Å². The molecule has 1 saturated carbocycles. The van der Waals surface area contributed by atoms with Crippen LogP contribution < -0.4 is 5.32 Å². The molecule has 148 valence electrons. The van der Waals surface area contributed by atoms with E-state index in [1.54, 1.807) is 6.26 Å². The molecule has 3 aromatic rings. The first-order valence-electron chi connectivity index (χ1n) is 9.47. The molecule has 10 heteroatoms. The maximum Gasteiger partial charge on any atom is 0.236 e. The summed E-state index contributed by atoms with van der Waals surface area (Å²) >= 11 is 2.83. The molecule has 28 heavy (non-hydrogen) atoms. The Bertz CT molecular complexity index is 915. The maximum absolute atomic E-state index is 12.3. The Kier molecular flexibility index (Phi) is 6.06. The van der Waals surface area contributed by atoms with Gasteiger partial charge in [0.1, 0.15) is 5.01 Å². The summed E-state index contributed by atoms with van der Waals surface area (Å²) in [5.74, 6) is 1.93. The second-order valence-corrected chi connectivity index (χ2v) is 8.60. The summed E-state index contributed by atoms with van der Waals surface area (Å²) in [4.78, 5) is 12.3. The number of amides is 1. The Morgan fingerprint density at radius 3 is 2.89 bits per heavy atom. The number of furan rings is 1. The third-order valence-corrected chi connectivity index (χ3v) is 6.72. The van der Waals surface area contributed by atoms with Crippen LogP contribution in [0, 0.1) is 0 Å². The van der Waals surface area contributed by atoms with E-state index in [9.17, 15) is 4.79 Å². The summed E-state index contributed by atoms with van der Waals surface area (Å²) < 4.78 is 7.34. The van der Waals surface area contributed by atoms with Crippen LogP contribution in [0.15, 0.2) is 28.0 Å². The average Bonchev–Trinajstić information content (AvgIpc) is 3.47. The molecule has 0 spiro atoms. The molecule has 0 unspecified atom stereocenters. The number of aromatic nitrogens is 5. The van der Waals surface area contributed by atoms with Crippen LogP contribution in [0.4, 0.5) is 5.13 Å². The van der Waals surface area contributed by atoms with Crippen LogP contribution >= 0.6 is 23.1 Å². The summed E-state index contributed by atoms with van der Waals surface area (Å²) in [6.45, 7) is 2.70. The van der Waals surface area contributed by atoms with E-state index in [2.05, 4.69) is 25.7 Å². The van der Waals surface area contributed by atoms with Gasteiger partial charge in [-0.15, -0.1) is 20.4 Å². The van der Waals surface area contributed by atoms with Crippen molar-refractivity contribution in [1.29, 1.82) is 0 Å². The third-order valence-electron chi connectivity index (χ3n) is 4.75. The molecule has 1 fully saturated rings. The highest BCUT2D eigenvalue weighted by molar-refractivity contribution is 7.99. The van der Waals surface area contributed by atoms with Gasteiger partial charge < -0.3 is 4.42 Å². The van der Waals surface area contributed by atoms with E-state index in [0.717, 1.165) is 5.01 Å². The fraction of sp³-hybridized carbons (Fsp3) is 0.500. The minimum atomic E-state index is -0.124. The highest BCUT2D eigenvalue weighted by atomic mass is 32.2. The molecule has 0 saturated heterocycles. The quantitative estimate of drug-likeness (QED) is 0.574. The SMILES string of the molecule is CCn1c(SCC(=O)Nc2nnc(C3CCCCC3)s2)nnc1-c1ccco1. The molecule has 3 heterocycles. The zero-order valence-electron chi connectivity index (χ0n) is 15.6. The summed E-state index contributed by atoms with van der Waals surface area (Å²) in [7, 11) is 0. The molecular weight excluding hydrogens is 396 g/mol. The molecular formula is C18H22N6O2S2. The maximum atomic E-state index is 12.3. The molecule has 1 amide bonds. The van der Waals surface area contributed by atoms with Gasteiger partial charge in [-0.25, -0.2) is 0 Å². The number of anilines is 1. The van der Waals surface area contributed by atoms with Crippen molar-refractivity contribution in [2.75, 3.05) is 11.1 Å². The summed E-state index contributed by atoms with van der Waals surface area (Å²) in [6.07, 6.45) is 7.75. The van der Waals surface area contributed by atoms with E-state index in [0.29, 0.717) is 34.3 Å². The Hall–Kier alpha value is -2.20. The predicted molar refractivity (Wildman–Crippen MR) is 108 cm³/mol. The number of carbonyl (C=O) groups is 1. The first kappa shape index (κ1) is 19.1. The van der Waals surface area contributed by atoms with E-state index in [1.165, 1.54) is 55.2 Å². The zero-order valence-corrected chi connectivity index (χ0v) is 17.3. The number of hydrogen-bond donors (Lipinski definition) is 1. The smallest absolute Gasteiger partial charge is 0.236 e. The van der Waals surface area contributed by atoms with E-state index in [1.807, 2.05) is 23.6 Å². The van der Waals surface area contributed by atoms with Gasteiger partial charge in [-0.05, 0) is 31.9 Å². The molecule has 0 aromatic carbocycles. The Labute approximate surface area is 171 Å². The van der Waals surface area contributed by atoms with Crippen molar-refractivity contribution < 1.29 is 9.21 Å². The normalized spacial score (nSPS) is 15.0. The monoisotopic (exact) mass is 418 g/mol. The lowest BCUT2D eigenvalue weighted by molar-refractivity contribution is -0.113. The first-order chi connectivity index (χ1) is 13.7. The number of rotatable bonds is 7. The van der Waals surface area contributed by atoms with Gasteiger partial charge in [0.05, 0.1) is 12.0 Å². The van der Waals surface area contributed by atoms with Gasteiger partial charge in [-0.2, -0.15) is 0 Å². The molecule has 0 atom stereocenters. The van der Waals surface area contributed by atoms with E-state index >= 15 is 0 Å². The lowest BCUT2D eigenvalue weighted by Gasteiger charge is -2.18. The van der Waals surface area contributed by atoms with E-state index in [4.69, 9.17) is 4.42 Å². The number of hydrogen-bond acceptors (Lipinski definition) is 8. The third kappa shape index (κ3) is 4.27. The predicted octanol–water partition coefficient (Wildman–Crippen LogP) is 4.19. The second kappa shape index (κ2) is 8.87. The highest BCUT2D eigenvalue weighted by Gasteiger charge is 2.21. The summed E-state index contributed by atoms with van der Waals surface area (Å²) in [5, 5.41) is 22.0. The van der Waals surface area contributed by atoms with Gasteiger partial charge in [0.2, 0.25) is 11.0 Å². The summed E-state index contributed by atoms with van der Waals surface area (Å²) in [6, 6.07) is 3.66. The van der Waals surface area contributed by atoms with Gasteiger partial charge in [0.15, 0.2) is 16.7 Å². The van der Waals surface area contributed by atoms with E-state index in [-0.39, 0.29) is 11.7 Å². The van der Waals surface area contributed by atoms with E-state index < -0.39 is 0 Å². The fourth-order valence-electron chi connectivity index (χ4n) is 3.35. The van der Waals surface area contributed by atoms with Gasteiger partial charge in [-0.3, -0.25) is 14.7 Å². The second-order valence-electron chi connectivity index (χ2n) is 6.64. The Balaban J connectivity index is 1.34. The molecule has 1 aliphatic carbocycles. The van der Waals surface area contributed by atoms with Crippen molar-refractivity contribution in [3.05, 3.63) is 23.4 Å². The van der Waals surface area contributed by atoms with Crippen molar-refractivity contribution in [3.63, 3.8) is 0 Å². The van der Waals surface area contributed by atoms with Gasteiger partial charge in [0.25, 0.3) is 0 Å². The van der Waals surface area contributed by atoms with Crippen LogP contribution in [0.1, 0.15) is 50.0 Å². The molecule has 3 aromatic heterocycles. The van der Waals surface area contributed by atoms with Crippen molar-refractivity contribution in [1.82, 2.24) is 25.0 Å². The van der Waals surface area contributed by atoms with Crippen LogP contribution in [0.5, 0.6) is 0 Å². The lowest BCUT2D eigenvalue weighted by atomic mass is 9.90. The van der Waals surface area contributed by atoms with Crippen LogP contribution in [0.3, 0.4) is 0 Å². The number of nitrogens with zero attached hydrogens (tertiary/aromatic N) is 5. The minimum Gasteiger partial charge on any atom is -0.461 e. The highest BCUT2D eigenvalue weighted by Crippen LogP contribution is 2.35. The summed E-state index contributed by atoms with van der Waals surface area (Å²) in [5.41, 5.74) is 0. The van der Waals surface area contributed by atoms with Crippen molar-refractivity contribution in [3.8, 4) is 11.6 Å². The first-order valence-corrected chi connectivity index (χ1v) is 11.3. The Morgan fingerprint density at radius 2 is 2.14 bits per heavy atom. The van der Waals surface area contributed by atoms with Crippen molar-refractivity contribution in [2.45, 2.75) is 56.6 Å². The molecule has 0 bridgehead atoms. The lowest BCUT2D eigenvalue weighted by Crippen LogP contribution is -2.14. The van der Waals surface area contributed by atoms with Gasteiger partial charge >= 0.3 is 0 Å².